The van der Waals surface area contributed by atoms with Crippen LogP contribution in [0.4, 0.5) is 13.2 Å². The number of Topliss-reactive ketones (excluding diaryl/α,β-unsaturated/α-hetero) is 2. The third-order valence-electron chi connectivity index (χ3n) is 3.55. The molecule has 1 unspecified atom stereocenters. The molecule has 0 spiro atoms. The lowest BCUT2D eigenvalue weighted by atomic mass is 9.67. The highest BCUT2D eigenvalue weighted by Gasteiger charge is 2.50. The number of rotatable bonds is 1. The molecule has 0 N–H and O–H groups in total. The van der Waals surface area contributed by atoms with E-state index in [0.717, 1.165) is 0 Å². The van der Waals surface area contributed by atoms with Gasteiger partial charge in [0.05, 0.1) is 5.92 Å². The summed E-state index contributed by atoms with van der Waals surface area (Å²) in [4.78, 5) is 23.5. The first kappa shape index (κ1) is 13.8. The Morgan fingerprint density at radius 2 is 1.84 bits per heavy atom. The summed E-state index contributed by atoms with van der Waals surface area (Å²) < 4.78 is 37.6. The fourth-order valence-electron chi connectivity index (χ4n) is 2.60. The number of alkyl halides is 3. The highest BCUT2D eigenvalue weighted by atomic mass is 19.4. The van der Waals surface area contributed by atoms with E-state index in [0.29, 0.717) is 5.56 Å². The molecule has 1 aromatic rings. The number of carbonyl (C=O) groups is 2. The molecule has 102 valence electrons. The Morgan fingerprint density at radius 3 is 2.42 bits per heavy atom. The van der Waals surface area contributed by atoms with Crippen LogP contribution in [-0.4, -0.2) is 17.7 Å². The monoisotopic (exact) mass is 270 g/mol. The van der Waals surface area contributed by atoms with Crippen molar-refractivity contribution in [3.05, 3.63) is 35.4 Å². The molecule has 0 heterocycles. The minimum absolute atomic E-state index is 0.110. The topological polar surface area (TPSA) is 34.1 Å². The number of hydrogen-bond donors (Lipinski definition) is 0. The standard InChI is InChI=1S/C14H13F3O2/c1-13(2)7-9(12(19)14(15,16)17)11(18)8-5-3-4-6-10(8)13/h3-6,9H,7H2,1-2H3. The maximum atomic E-state index is 12.5. The quantitative estimate of drug-likeness (QED) is 0.734. The molecule has 1 atom stereocenters. The fraction of sp³-hybridized carbons (Fsp3) is 0.429. The lowest BCUT2D eigenvalue weighted by Crippen LogP contribution is -2.43. The number of carbonyl (C=O) groups excluding carboxylic acids is 2. The zero-order chi connectivity index (χ0) is 14.4. The van der Waals surface area contributed by atoms with E-state index in [2.05, 4.69) is 0 Å². The number of hydrogen-bond acceptors (Lipinski definition) is 2. The van der Waals surface area contributed by atoms with Gasteiger partial charge in [-0.15, -0.1) is 0 Å². The normalized spacial score (nSPS) is 21.9. The van der Waals surface area contributed by atoms with Crippen LogP contribution in [0, 0.1) is 5.92 Å². The van der Waals surface area contributed by atoms with E-state index in [-0.39, 0.29) is 12.0 Å². The molecule has 0 radical (unpaired) electrons. The van der Waals surface area contributed by atoms with Crippen molar-refractivity contribution < 1.29 is 22.8 Å². The Labute approximate surface area is 108 Å². The van der Waals surface area contributed by atoms with E-state index in [1.165, 1.54) is 6.07 Å². The molecule has 1 aliphatic carbocycles. The third-order valence-corrected chi connectivity index (χ3v) is 3.55. The van der Waals surface area contributed by atoms with E-state index in [4.69, 9.17) is 0 Å². The summed E-state index contributed by atoms with van der Waals surface area (Å²) in [6.45, 7) is 3.49. The lowest BCUT2D eigenvalue weighted by molar-refractivity contribution is -0.174. The van der Waals surface area contributed by atoms with Crippen molar-refractivity contribution in [2.45, 2.75) is 31.9 Å². The lowest BCUT2D eigenvalue weighted by Gasteiger charge is -2.35. The summed E-state index contributed by atoms with van der Waals surface area (Å²) in [5.41, 5.74) is 0.295. The zero-order valence-electron chi connectivity index (χ0n) is 10.5. The van der Waals surface area contributed by atoms with Crippen LogP contribution in [-0.2, 0) is 10.2 Å². The van der Waals surface area contributed by atoms with E-state index < -0.39 is 29.1 Å². The number of fused-ring (bicyclic) bond motifs is 1. The maximum absolute atomic E-state index is 12.5. The summed E-state index contributed by atoms with van der Waals surface area (Å²) in [6, 6.07) is 6.53. The predicted molar refractivity (Wildman–Crippen MR) is 63.0 cm³/mol. The van der Waals surface area contributed by atoms with Crippen LogP contribution in [0.25, 0.3) is 0 Å². The van der Waals surface area contributed by atoms with E-state index in [9.17, 15) is 22.8 Å². The van der Waals surface area contributed by atoms with Gasteiger partial charge in [0, 0.05) is 5.56 Å². The van der Waals surface area contributed by atoms with Crippen LogP contribution in [0.15, 0.2) is 24.3 Å². The molecule has 1 aliphatic rings. The van der Waals surface area contributed by atoms with Gasteiger partial charge in [0.2, 0.25) is 5.78 Å². The second-order valence-corrected chi connectivity index (χ2v) is 5.41. The molecule has 1 aromatic carbocycles. The van der Waals surface area contributed by atoms with Crippen LogP contribution in [0.3, 0.4) is 0 Å². The minimum atomic E-state index is -4.97. The van der Waals surface area contributed by atoms with Crippen LogP contribution in [0.5, 0.6) is 0 Å². The number of benzene rings is 1. The molecule has 0 bridgehead atoms. The van der Waals surface area contributed by atoms with E-state index in [1.807, 2.05) is 0 Å². The first-order valence-electron chi connectivity index (χ1n) is 5.89. The average molecular weight is 270 g/mol. The Kier molecular flexibility index (Phi) is 3.03. The largest absolute Gasteiger partial charge is 0.450 e. The molecule has 0 fully saturated rings. The first-order chi connectivity index (χ1) is 8.64. The van der Waals surface area contributed by atoms with Crippen molar-refractivity contribution in [2.75, 3.05) is 0 Å². The van der Waals surface area contributed by atoms with Gasteiger partial charge in [0.15, 0.2) is 5.78 Å². The summed E-state index contributed by atoms with van der Waals surface area (Å²) in [5, 5.41) is 0. The Balaban J connectivity index is 2.50. The van der Waals surface area contributed by atoms with E-state index >= 15 is 0 Å². The highest BCUT2D eigenvalue weighted by molar-refractivity contribution is 6.13. The van der Waals surface area contributed by atoms with Gasteiger partial charge in [-0.3, -0.25) is 9.59 Å². The molecule has 0 amide bonds. The Bertz CT molecular complexity index is 544. The molecule has 2 nitrogen and oxygen atoms in total. The Morgan fingerprint density at radius 1 is 1.26 bits per heavy atom. The van der Waals surface area contributed by atoms with Crippen LogP contribution in [0.1, 0.15) is 36.2 Å². The smallest absolute Gasteiger partial charge is 0.293 e. The second-order valence-electron chi connectivity index (χ2n) is 5.41. The van der Waals surface area contributed by atoms with Crippen LogP contribution < -0.4 is 0 Å². The summed E-state index contributed by atoms with van der Waals surface area (Å²) >= 11 is 0. The fourth-order valence-corrected chi connectivity index (χ4v) is 2.60. The van der Waals surface area contributed by atoms with Crippen molar-refractivity contribution in [3.8, 4) is 0 Å². The Hall–Kier alpha value is -1.65. The predicted octanol–water partition coefficient (Wildman–Crippen LogP) is 3.30. The molecule has 0 saturated carbocycles. The molecule has 0 aliphatic heterocycles. The zero-order valence-corrected chi connectivity index (χ0v) is 10.5. The molecule has 0 saturated heterocycles. The number of halogens is 3. The van der Waals surface area contributed by atoms with Gasteiger partial charge in [-0.05, 0) is 17.4 Å². The van der Waals surface area contributed by atoms with Crippen molar-refractivity contribution in [2.24, 2.45) is 5.92 Å². The molecular weight excluding hydrogens is 257 g/mol. The van der Waals surface area contributed by atoms with Crippen molar-refractivity contribution in [1.82, 2.24) is 0 Å². The van der Waals surface area contributed by atoms with E-state index in [1.54, 1.807) is 32.0 Å². The van der Waals surface area contributed by atoms with Gasteiger partial charge < -0.3 is 0 Å². The first-order valence-corrected chi connectivity index (χ1v) is 5.89. The average Bonchev–Trinajstić information content (AvgIpc) is 2.32. The van der Waals surface area contributed by atoms with Crippen molar-refractivity contribution in [3.63, 3.8) is 0 Å². The summed E-state index contributed by atoms with van der Waals surface area (Å²) in [7, 11) is 0. The van der Waals surface area contributed by atoms with Crippen molar-refractivity contribution >= 4 is 11.6 Å². The van der Waals surface area contributed by atoms with Gasteiger partial charge in [0.1, 0.15) is 0 Å². The maximum Gasteiger partial charge on any atom is 0.450 e. The molecule has 2 rings (SSSR count). The van der Waals surface area contributed by atoms with Gasteiger partial charge in [-0.1, -0.05) is 38.1 Å². The molecule has 5 heteroatoms. The SMILES string of the molecule is CC1(C)CC(C(=O)C(F)(F)F)C(=O)c2ccccc21. The van der Waals surface area contributed by atoms with Crippen molar-refractivity contribution in [1.29, 1.82) is 0 Å². The highest BCUT2D eigenvalue weighted by Crippen LogP contribution is 2.41. The second kappa shape index (κ2) is 4.18. The molecule has 0 aromatic heterocycles. The van der Waals surface area contributed by atoms with Gasteiger partial charge in [-0.25, -0.2) is 0 Å². The molecule has 19 heavy (non-hydrogen) atoms. The van der Waals surface area contributed by atoms with Gasteiger partial charge in [-0.2, -0.15) is 13.2 Å². The molecular formula is C14H13F3O2. The minimum Gasteiger partial charge on any atom is -0.293 e. The summed E-state index contributed by atoms with van der Waals surface area (Å²) in [6.07, 6.45) is -5.08. The third kappa shape index (κ3) is 2.29. The van der Waals surface area contributed by atoms with Crippen LogP contribution >= 0.6 is 0 Å². The number of ketones is 2. The summed E-state index contributed by atoms with van der Waals surface area (Å²) in [5.74, 6) is -4.29. The van der Waals surface area contributed by atoms with Gasteiger partial charge >= 0.3 is 6.18 Å². The van der Waals surface area contributed by atoms with Crippen LogP contribution in [0.2, 0.25) is 0 Å². The van der Waals surface area contributed by atoms with Gasteiger partial charge in [0.25, 0.3) is 0 Å².